The fourth-order valence-corrected chi connectivity index (χ4v) is 3.02. The van der Waals surface area contributed by atoms with E-state index in [4.69, 9.17) is 0 Å². The number of hydrogen-bond donors (Lipinski definition) is 1. The summed E-state index contributed by atoms with van der Waals surface area (Å²) in [6.45, 7) is 2.40. The first-order valence-electron chi connectivity index (χ1n) is 6.27. The first-order chi connectivity index (χ1) is 9.95. The van der Waals surface area contributed by atoms with Gasteiger partial charge in [0.1, 0.15) is 5.82 Å². The van der Waals surface area contributed by atoms with Gasteiger partial charge in [-0.15, -0.1) is 0 Å². The monoisotopic (exact) mass is 421 g/mol. The lowest BCUT2D eigenvalue weighted by atomic mass is 9.98. The van der Waals surface area contributed by atoms with E-state index in [2.05, 4.69) is 37.2 Å². The van der Waals surface area contributed by atoms with E-state index >= 15 is 0 Å². The van der Waals surface area contributed by atoms with Crippen molar-refractivity contribution in [3.05, 3.63) is 67.9 Å². The van der Waals surface area contributed by atoms with Crippen LogP contribution < -0.4 is 5.32 Å². The third kappa shape index (κ3) is 3.49. The van der Waals surface area contributed by atoms with Gasteiger partial charge in [0.2, 0.25) is 0 Å². The Hall–Kier alpha value is -0.850. The zero-order valence-corrected chi connectivity index (χ0v) is 14.2. The van der Waals surface area contributed by atoms with Crippen molar-refractivity contribution in [1.29, 1.82) is 0 Å². The number of nitrogens with one attached hydrogen (secondary N) is 1. The van der Waals surface area contributed by atoms with E-state index in [-0.39, 0.29) is 4.47 Å². The van der Waals surface area contributed by atoms with Crippen molar-refractivity contribution in [2.45, 2.75) is 13.0 Å². The molecular weight excluding hydrogens is 411 g/mol. The minimum absolute atomic E-state index is 0.00664. The minimum atomic E-state index is -0.981. The second-order valence-corrected chi connectivity index (χ2v) is 6.13. The molecule has 0 spiro atoms. The zero-order chi connectivity index (χ0) is 15.6. The third-order valence-electron chi connectivity index (χ3n) is 3.05. The molecule has 0 radical (unpaired) electrons. The highest BCUT2D eigenvalue weighted by Gasteiger charge is 2.22. The second-order valence-electron chi connectivity index (χ2n) is 4.42. The summed E-state index contributed by atoms with van der Waals surface area (Å²) in [5.74, 6) is -2.35. The molecule has 1 atom stereocenters. The molecule has 0 saturated heterocycles. The van der Waals surface area contributed by atoms with E-state index in [0.29, 0.717) is 22.1 Å². The molecule has 1 nitrogen and oxygen atoms in total. The molecule has 0 heterocycles. The first kappa shape index (κ1) is 16.5. The molecule has 0 fully saturated rings. The lowest BCUT2D eigenvalue weighted by Gasteiger charge is -2.21. The van der Waals surface area contributed by atoms with Gasteiger partial charge in [-0.3, -0.25) is 0 Å². The highest BCUT2D eigenvalue weighted by molar-refractivity contribution is 9.10. The van der Waals surface area contributed by atoms with Gasteiger partial charge in [-0.1, -0.05) is 28.9 Å². The molecule has 2 rings (SSSR count). The Bertz CT molecular complexity index is 662. The van der Waals surface area contributed by atoms with Crippen LogP contribution in [-0.4, -0.2) is 6.54 Å². The summed E-state index contributed by atoms with van der Waals surface area (Å²) >= 11 is 6.35. The van der Waals surface area contributed by atoms with E-state index in [9.17, 15) is 13.2 Å². The van der Waals surface area contributed by atoms with Gasteiger partial charge < -0.3 is 5.32 Å². The molecule has 21 heavy (non-hydrogen) atoms. The van der Waals surface area contributed by atoms with Gasteiger partial charge in [0.15, 0.2) is 11.6 Å². The summed E-state index contributed by atoms with van der Waals surface area (Å²) in [6.07, 6.45) is 0. The Kier molecular flexibility index (Phi) is 5.46. The van der Waals surface area contributed by atoms with Crippen LogP contribution in [0.25, 0.3) is 0 Å². The molecule has 1 N–H and O–H groups in total. The first-order valence-corrected chi connectivity index (χ1v) is 7.86. The minimum Gasteiger partial charge on any atom is -0.306 e. The Morgan fingerprint density at radius 1 is 1.00 bits per heavy atom. The van der Waals surface area contributed by atoms with E-state index in [1.807, 2.05) is 6.92 Å². The molecule has 2 aromatic rings. The Morgan fingerprint density at radius 2 is 1.67 bits per heavy atom. The molecular formula is C15H12Br2F3N. The van der Waals surface area contributed by atoms with E-state index in [0.717, 1.165) is 6.07 Å². The summed E-state index contributed by atoms with van der Waals surface area (Å²) in [7, 11) is 0. The number of halogens is 5. The van der Waals surface area contributed by atoms with Gasteiger partial charge >= 0.3 is 0 Å². The van der Waals surface area contributed by atoms with Crippen LogP contribution in [0.1, 0.15) is 24.1 Å². The standard InChI is InChI=1S/C15H12Br2F3N/c1-2-21-15(10-7-8(16)3-5-11(10)18)9-4-6-12(19)14(20)13(9)17/h3-7,15,21H,2H2,1H3. The van der Waals surface area contributed by atoms with E-state index < -0.39 is 23.5 Å². The van der Waals surface area contributed by atoms with Gasteiger partial charge in [0.05, 0.1) is 10.5 Å². The number of hydrogen-bond acceptors (Lipinski definition) is 1. The van der Waals surface area contributed by atoms with Crippen LogP contribution in [0.15, 0.2) is 39.3 Å². The van der Waals surface area contributed by atoms with Crippen LogP contribution in [0.4, 0.5) is 13.2 Å². The van der Waals surface area contributed by atoms with Crippen LogP contribution in [-0.2, 0) is 0 Å². The summed E-state index contributed by atoms with van der Waals surface area (Å²) in [6, 6.07) is 6.43. The van der Waals surface area contributed by atoms with Gasteiger partial charge in [-0.25, -0.2) is 13.2 Å². The molecule has 0 aliphatic rings. The van der Waals surface area contributed by atoms with Crippen molar-refractivity contribution in [1.82, 2.24) is 5.32 Å². The lowest BCUT2D eigenvalue weighted by Crippen LogP contribution is -2.23. The molecule has 0 saturated carbocycles. The van der Waals surface area contributed by atoms with E-state index in [1.54, 1.807) is 12.1 Å². The van der Waals surface area contributed by atoms with Crippen molar-refractivity contribution >= 4 is 31.9 Å². The summed E-state index contributed by atoms with van der Waals surface area (Å²) in [5.41, 5.74) is 0.797. The summed E-state index contributed by atoms with van der Waals surface area (Å²) < 4.78 is 41.8. The maximum Gasteiger partial charge on any atom is 0.173 e. The quantitative estimate of drug-likeness (QED) is 0.656. The van der Waals surface area contributed by atoms with Crippen LogP contribution >= 0.6 is 31.9 Å². The highest BCUT2D eigenvalue weighted by Crippen LogP contribution is 2.33. The van der Waals surface area contributed by atoms with Crippen LogP contribution in [0.2, 0.25) is 0 Å². The predicted octanol–water partition coefficient (Wildman–Crippen LogP) is 5.33. The average molecular weight is 423 g/mol. The summed E-state index contributed by atoms with van der Waals surface area (Å²) in [4.78, 5) is 0. The van der Waals surface area contributed by atoms with Crippen LogP contribution in [0.3, 0.4) is 0 Å². The largest absolute Gasteiger partial charge is 0.306 e. The number of rotatable bonds is 4. The smallest absolute Gasteiger partial charge is 0.173 e. The van der Waals surface area contributed by atoms with Crippen LogP contribution in [0.5, 0.6) is 0 Å². The Morgan fingerprint density at radius 3 is 2.33 bits per heavy atom. The molecule has 6 heteroatoms. The van der Waals surface area contributed by atoms with Gasteiger partial charge in [-0.05, 0) is 52.3 Å². The van der Waals surface area contributed by atoms with Crippen molar-refractivity contribution in [2.24, 2.45) is 0 Å². The maximum atomic E-state index is 14.1. The predicted molar refractivity (Wildman–Crippen MR) is 83.7 cm³/mol. The lowest BCUT2D eigenvalue weighted by molar-refractivity contribution is 0.496. The molecule has 0 aliphatic heterocycles. The van der Waals surface area contributed by atoms with Crippen LogP contribution in [0, 0.1) is 17.5 Å². The molecule has 112 valence electrons. The van der Waals surface area contributed by atoms with Crippen molar-refractivity contribution in [3.8, 4) is 0 Å². The van der Waals surface area contributed by atoms with Crippen molar-refractivity contribution < 1.29 is 13.2 Å². The highest BCUT2D eigenvalue weighted by atomic mass is 79.9. The SMILES string of the molecule is CCNC(c1cc(Br)ccc1F)c1ccc(F)c(F)c1Br. The molecule has 2 aromatic carbocycles. The van der Waals surface area contributed by atoms with Crippen molar-refractivity contribution in [3.63, 3.8) is 0 Å². The average Bonchev–Trinajstić information content (AvgIpc) is 2.46. The molecule has 1 unspecified atom stereocenters. The van der Waals surface area contributed by atoms with Gasteiger partial charge in [-0.2, -0.15) is 0 Å². The summed E-state index contributed by atoms with van der Waals surface area (Å²) in [5, 5.41) is 3.09. The number of benzene rings is 2. The third-order valence-corrected chi connectivity index (χ3v) is 4.35. The topological polar surface area (TPSA) is 12.0 Å². The fraction of sp³-hybridized carbons (Fsp3) is 0.200. The Labute approximate surface area is 137 Å². The molecule has 0 aromatic heterocycles. The van der Waals surface area contributed by atoms with Gasteiger partial charge in [0.25, 0.3) is 0 Å². The molecule has 0 aliphatic carbocycles. The second kappa shape index (κ2) is 6.94. The fourth-order valence-electron chi connectivity index (χ4n) is 2.09. The maximum absolute atomic E-state index is 14.1. The van der Waals surface area contributed by atoms with Gasteiger partial charge in [0, 0.05) is 10.0 Å². The normalized spacial score (nSPS) is 12.5. The molecule has 0 bridgehead atoms. The Balaban J connectivity index is 2.59. The van der Waals surface area contributed by atoms with E-state index in [1.165, 1.54) is 12.1 Å². The zero-order valence-electron chi connectivity index (χ0n) is 11.1. The molecule has 0 amide bonds. The van der Waals surface area contributed by atoms with Crippen molar-refractivity contribution in [2.75, 3.05) is 6.54 Å².